The molecule has 1 atom stereocenters. The highest BCUT2D eigenvalue weighted by Gasteiger charge is 2.48. The van der Waals surface area contributed by atoms with Gasteiger partial charge in [-0.2, -0.15) is 0 Å². The van der Waals surface area contributed by atoms with E-state index in [0.29, 0.717) is 17.1 Å². The highest BCUT2D eigenvalue weighted by molar-refractivity contribution is 6.51. The number of methoxy groups -OCH3 is 1. The summed E-state index contributed by atoms with van der Waals surface area (Å²) in [6, 6.07) is 16.6. The van der Waals surface area contributed by atoms with Gasteiger partial charge in [0.2, 0.25) is 0 Å². The molecule has 4 aromatic rings. The summed E-state index contributed by atoms with van der Waals surface area (Å²) in [4.78, 5) is 27.2. The molecule has 1 N–H and O–H groups in total. The third kappa shape index (κ3) is 3.40. The van der Waals surface area contributed by atoms with Crippen molar-refractivity contribution < 1.29 is 28.3 Å². The topological polar surface area (TPSA) is 92.9 Å². The SMILES string of the molecule is COc1ccc2cc(/C(O)=C3\C(=O)C(=O)N(c4cc(C)on4)C3c3ccccc3F)ccc2c1. The number of carbonyl (C=O) groups is 2. The van der Waals surface area contributed by atoms with Gasteiger partial charge in [-0.3, -0.25) is 14.5 Å². The number of aliphatic hydroxyl groups excluding tert-OH is 1. The van der Waals surface area contributed by atoms with Gasteiger partial charge in [0.1, 0.15) is 23.1 Å². The lowest BCUT2D eigenvalue weighted by Gasteiger charge is -2.23. The third-order valence-electron chi connectivity index (χ3n) is 5.83. The molecule has 0 radical (unpaired) electrons. The Hall–Kier alpha value is -4.46. The molecule has 1 fully saturated rings. The fourth-order valence-electron chi connectivity index (χ4n) is 4.18. The van der Waals surface area contributed by atoms with Crippen LogP contribution in [-0.4, -0.2) is 29.1 Å². The molecule has 5 rings (SSSR count). The zero-order valence-corrected chi connectivity index (χ0v) is 18.3. The van der Waals surface area contributed by atoms with Gasteiger partial charge in [0.15, 0.2) is 5.82 Å². The van der Waals surface area contributed by atoms with Crippen molar-refractivity contribution in [1.82, 2.24) is 5.16 Å². The van der Waals surface area contributed by atoms with Gasteiger partial charge in [-0.05, 0) is 42.0 Å². The summed E-state index contributed by atoms with van der Waals surface area (Å²) in [5, 5.41) is 16.7. The van der Waals surface area contributed by atoms with Crippen molar-refractivity contribution in [2.24, 2.45) is 0 Å². The molecule has 0 spiro atoms. The van der Waals surface area contributed by atoms with Gasteiger partial charge in [0.05, 0.1) is 18.7 Å². The number of benzene rings is 3. The zero-order valence-electron chi connectivity index (χ0n) is 18.3. The Kier molecular flexibility index (Phi) is 5.13. The number of rotatable bonds is 4. The number of carbonyl (C=O) groups excluding carboxylic acids is 2. The normalized spacial score (nSPS) is 17.5. The van der Waals surface area contributed by atoms with E-state index in [1.165, 1.54) is 24.3 Å². The van der Waals surface area contributed by atoms with Gasteiger partial charge in [0, 0.05) is 17.2 Å². The number of aryl methyl sites for hydroxylation is 1. The second-order valence-electron chi connectivity index (χ2n) is 7.91. The highest BCUT2D eigenvalue weighted by Crippen LogP contribution is 2.42. The fraction of sp³-hybridized carbons (Fsp3) is 0.115. The van der Waals surface area contributed by atoms with Crippen molar-refractivity contribution >= 4 is 34.0 Å². The summed E-state index contributed by atoms with van der Waals surface area (Å²) < 4.78 is 25.2. The van der Waals surface area contributed by atoms with Crippen LogP contribution in [0.5, 0.6) is 5.75 Å². The van der Waals surface area contributed by atoms with E-state index in [0.717, 1.165) is 15.7 Å². The minimum Gasteiger partial charge on any atom is -0.507 e. The number of hydrogen-bond acceptors (Lipinski definition) is 6. The Balaban J connectivity index is 1.72. The van der Waals surface area contributed by atoms with Gasteiger partial charge >= 0.3 is 5.91 Å². The van der Waals surface area contributed by atoms with Crippen LogP contribution in [0.3, 0.4) is 0 Å². The van der Waals surface area contributed by atoms with E-state index < -0.39 is 29.3 Å². The minimum absolute atomic E-state index is 0.0504. The van der Waals surface area contributed by atoms with E-state index in [4.69, 9.17) is 9.26 Å². The molecule has 1 aromatic heterocycles. The lowest BCUT2D eigenvalue weighted by atomic mass is 9.94. The molecule has 0 saturated carbocycles. The predicted octanol–water partition coefficient (Wildman–Crippen LogP) is 4.91. The molecule has 2 heterocycles. The number of amides is 1. The summed E-state index contributed by atoms with van der Waals surface area (Å²) in [6.45, 7) is 1.63. The molecule has 1 aliphatic rings. The maximum Gasteiger partial charge on any atom is 0.301 e. The second-order valence-corrected chi connectivity index (χ2v) is 7.91. The molecule has 7 nitrogen and oxygen atoms in total. The van der Waals surface area contributed by atoms with Crippen molar-refractivity contribution in [3.05, 3.63) is 95.0 Å². The fourth-order valence-corrected chi connectivity index (χ4v) is 4.18. The largest absolute Gasteiger partial charge is 0.507 e. The quantitative estimate of drug-likeness (QED) is 0.265. The predicted molar refractivity (Wildman–Crippen MR) is 123 cm³/mol. The van der Waals surface area contributed by atoms with Gasteiger partial charge in [-0.1, -0.05) is 41.6 Å². The van der Waals surface area contributed by atoms with E-state index in [1.54, 1.807) is 44.4 Å². The number of aliphatic hydroxyl groups is 1. The molecule has 170 valence electrons. The molecule has 34 heavy (non-hydrogen) atoms. The summed E-state index contributed by atoms with van der Waals surface area (Å²) in [5.74, 6) is -1.78. The van der Waals surface area contributed by atoms with Crippen LogP contribution < -0.4 is 9.64 Å². The molecule has 1 amide bonds. The summed E-state index contributed by atoms with van der Waals surface area (Å²) in [7, 11) is 1.57. The Morgan fingerprint density at radius 2 is 1.79 bits per heavy atom. The molecular weight excluding hydrogens is 439 g/mol. The van der Waals surface area contributed by atoms with E-state index in [1.807, 2.05) is 12.1 Å². The number of ketones is 1. The van der Waals surface area contributed by atoms with Crippen LogP contribution in [0, 0.1) is 12.7 Å². The Morgan fingerprint density at radius 3 is 2.50 bits per heavy atom. The molecule has 0 bridgehead atoms. The van der Waals surface area contributed by atoms with Crippen LogP contribution >= 0.6 is 0 Å². The highest BCUT2D eigenvalue weighted by atomic mass is 19.1. The number of anilines is 1. The first-order valence-electron chi connectivity index (χ1n) is 10.5. The van der Waals surface area contributed by atoms with E-state index in [-0.39, 0.29) is 17.0 Å². The number of ether oxygens (including phenoxy) is 1. The maximum absolute atomic E-state index is 14.9. The van der Waals surface area contributed by atoms with E-state index in [2.05, 4.69) is 5.16 Å². The molecule has 1 aliphatic heterocycles. The van der Waals surface area contributed by atoms with Crippen molar-refractivity contribution in [2.45, 2.75) is 13.0 Å². The van der Waals surface area contributed by atoms with Crippen LogP contribution in [0.25, 0.3) is 16.5 Å². The number of hydrogen-bond donors (Lipinski definition) is 1. The first kappa shape index (κ1) is 21.4. The summed E-state index contributed by atoms with van der Waals surface area (Å²) in [5.41, 5.74) is 0.131. The van der Waals surface area contributed by atoms with Crippen molar-refractivity contribution in [1.29, 1.82) is 0 Å². The van der Waals surface area contributed by atoms with Crippen LogP contribution in [0.1, 0.15) is 22.9 Å². The number of aromatic nitrogens is 1. The van der Waals surface area contributed by atoms with E-state index in [9.17, 15) is 19.1 Å². The van der Waals surface area contributed by atoms with Crippen LogP contribution in [-0.2, 0) is 9.59 Å². The third-order valence-corrected chi connectivity index (χ3v) is 5.83. The standard InChI is InChI=1S/C26H19FN2O5/c1-14-11-21(28-34-14)29-23(19-5-3-4-6-20(19)27)22(25(31)26(29)32)24(30)17-8-7-16-13-18(33-2)10-9-15(16)12-17/h3-13,23,30H,1-2H3/b24-22+. The van der Waals surface area contributed by atoms with Gasteiger partial charge in [-0.25, -0.2) is 4.39 Å². The van der Waals surface area contributed by atoms with Crippen LogP contribution in [0.4, 0.5) is 10.2 Å². The Labute approximate surface area is 193 Å². The average molecular weight is 458 g/mol. The molecule has 1 saturated heterocycles. The van der Waals surface area contributed by atoms with Gasteiger partial charge in [0.25, 0.3) is 5.78 Å². The number of Topliss-reactive ketones (excluding diaryl/α,β-unsaturated/α-hetero) is 1. The Bertz CT molecular complexity index is 1490. The van der Waals surface area contributed by atoms with Gasteiger partial charge < -0.3 is 14.4 Å². The minimum atomic E-state index is -1.22. The van der Waals surface area contributed by atoms with E-state index >= 15 is 0 Å². The summed E-state index contributed by atoms with van der Waals surface area (Å²) in [6.07, 6.45) is 0. The lowest BCUT2D eigenvalue weighted by molar-refractivity contribution is -0.132. The van der Waals surface area contributed by atoms with Crippen LogP contribution in [0.15, 0.2) is 76.8 Å². The average Bonchev–Trinajstić information content (AvgIpc) is 3.38. The van der Waals surface area contributed by atoms with Crippen molar-refractivity contribution in [3.8, 4) is 5.75 Å². The lowest BCUT2D eigenvalue weighted by Crippen LogP contribution is -2.30. The number of halogens is 1. The van der Waals surface area contributed by atoms with Crippen molar-refractivity contribution in [2.75, 3.05) is 12.0 Å². The Morgan fingerprint density at radius 1 is 1.06 bits per heavy atom. The zero-order chi connectivity index (χ0) is 24.0. The molecule has 8 heteroatoms. The molecule has 1 unspecified atom stereocenters. The smallest absolute Gasteiger partial charge is 0.301 e. The van der Waals surface area contributed by atoms with Crippen molar-refractivity contribution in [3.63, 3.8) is 0 Å². The monoisotopic (exact) mass is 458 g/mol. The second kappa shape index (κ2) is 8.15. The maximum atomic E-state index is 14.9. The molecular formula is C26H19FN2O5. The first-order valence-corrected chi connectivity index (χ1v) is 10.5. The molecule has 0 aliphatic carbocycles. The number of fused-ring (bicyclic) bond motifs is 1. The molecule has 3 aromatic carbocycles. The summed E-state index contributed by atoms with van der Waals surface area (Å²) >= 11 is 0. The van der Waals surface area contributed by atoms with Crippen LogP contribution in [0.2, 0.25) is 0 Å². The van der Waals surface area contributed by atoms with Gasteiger partial charge in [-0.15, -0.1) is 0 Å². The number of nitrogens with zero attached hydrogens (tertiary/aromatic N) is 2. The first-order chi connectivity index (χ1) is 16.4.